The second-order valence-electron chi connectivity index (χ2n) is 6.77. The molecule has 0 radical (unpaired) electrons. The van der Waals surface area contributed by atoms with Crippen molar-refractivity contribution in [1.29, 1.82) is 0 Å². The fraction of sp³-hybridized carbons (Fsp3) is 0.364. The van der Waals surface area contributed by atoms with E-state index in [9.17, 15) is 0 Å². The summed E-state index contributed by atoms with van der Waals surface area (Å²) < 4.78 is 11.4. The van der Waals surface area contributed by atoms with Crippen molar-refractivity contribution in [3.63, 3.8) is 0 Å². The molecule has 2 heterocycles. The van der Waals surface area contributed by atoms with E-state index in [0.29, 0.717) is 18.7 Å². The topological polar surface area (TPSA) is 21.7 Å². The number of hydrogen-bond donors (Lipinski definition) is 0. The van der Waals surface area contributed by atoms with E-state index in [-0.39, 0.29) is 0 Å². The van der Waals surface area contributed by atoms with Crippen LogP contribution in [0.25, 0.3) is 5.57 Å². The SMILES string of the molecule is CCOc1ccc(C2=CC3COCC(C2)N3Cc2ccccc2)cc1. The van der Waals surface area contributed by atoms with E-state index in [4.69, 9.17) is 9.47 Å². The highest BCUT2D eigenvalue weighted by Crippen LogP contribution is 2.34. The van der Waals surface area contributed by atoms with Gasteiger partial charge in [-0.1, -0.05) is 48.5 Å². The van der Waals surface area contributed by atoms with Gasteiger partial charge in [0.15, 0.2) is 0 Å². The quantitative estimate of drug-likeness (QED) is 0.819. The number of nitrogens with zero attached hydrogens (tertiary/aromatic N) is 1. The van der Waals surface area contributed by atoms with Crippen molar-refractivity contribution < 1.29 is 9.47 Å². The third-order valence-electron chi connectivity index (χ3n) is 5.09. The number of benzene rings is 2. The van der Waals surface area contributed by atoms with Crippen molar-refractivity contribution in [2.45, 2.75) is 32.0 Å². The molecule has 2 unspecified atom stereocenters. The molecule has 2 bridgehead atoms. The molecule has 2 aromatic rings. The molecular weight excluding hydrogens is 310 g/mol. The van der Waals surface area contributed by atoms with Crippen LogP contribution in [-0.2, 0) is 11.3 Å². The van der Waals surface area contributed by atoms with E-state index in [1.807, 2.05) is 6.92 Å². The monoisotopic (exact) mass is 335 g/mol. The van der Waals surface area contributed by atoms with Crippen molar-refractivity contribution in [1.82, 2.24) is 4.90 Å². The van der Waals surface area contributed by atoms with Crippen LogP contribution in [0.5, 0.6) is 5.75 Å². The summed E-state index contributed by atoms with van der Waals surface area (Å²) in [6.07, 6.45) is 3.44. The van der Waals surface area contributed by atoms with Crippen molar-refractivity contribution in [2.24, 2.45) is 0 Å². The molecule has 3 nitrogen and oxygen atoms in total. The smallest absolute Gasteiger partial charge is 0.119 e. The van der Waals surface area contributed by atoms with Gasteiger partial charge in [-0.25, -0.2) is 0 Å². The second-order valence-corrected chi connectivity index (χ2v) is 6.77. The summed E-state index contributed by atoms with van der Waals surface area (Å²) in [6.45, 7) is 5.31. The fourth-order valence-electron chi connectivity index (χ4n) is 3.85. The molecule has 130 valence electrons. The van der Waals surface area contributed by atoms with E-state index >= 15 is 0 Å². The first kappa shape index (κ1) is 16.4. The molecule has 25 heavy (non-hydrogen) atoms. The predicted molar refractivity (Wildman–Crippen MR) is 101 cm³/mol. The van der Waals surface area contributed by atoms with Gasteiger partial charge in [0.2, 0.25) is 0 Å². The lowest BCUT2D eigenvalue weighted by molar-refractivity contribution is -0.0402. The summed E-state index contributed by atoms with van der Waals surface area (Å²) in [6, 6.07) is 20.0. The second kappa shape index (κ2) is 7.42. The summed E-state index contributed by atoms with van der Waals surface area (Å²) in [7, 11) is 0. The van der Waals surface area contributed by atoms with E-state index in [1.165, 1.54) is 16.7 Å². The summed E-state index contributed by atoms with van der Waals surface area (Å²) in [5.74, 6) is 0.942. The normalized spacial score (nSPS) is 23.2. The molecule has 4 rings (SSSR count). The minimum absolute atomic E-state index is 0.356. The lowest BCUT2D eigenvalue weighted by Crippen LogP contribution is -2.53. The largest absolute Gasteiger partial charge is 0.494 e. The molecule has 2 aromatic carbocycles. The first-order valence-electron chi connectivity index (χ1n) is 9.15. The Kier molecular flexibility index (Phi) is 4.86. The zero-order valence-corrected chi connectivity index (χ0v) is 14.7. The van der Waals surface area contributed by atoms with Crippen molar-refractivity contribution >= 4 is 5.57 Å². The maximum Gasteiger partial charge on any atom is 0.119 e. The summed E-state index contributed by atoms with van der Waals surface area (Å²) in [5.41, 5.74) is 4.11. The number of morpholine rings is 1. The van der Waals surface area contributed by atoms with E-state index in [2.05, 4.69) is 65.6 Å². The minimum Gasteiger partial charge on any atom is -0.494 e. The molecule has 3 heteroatoms. The summed E-state index contributed by atoms with van der Waals surface area (Å²) in [5, 5.41) is 0. The molecular formula is C22H25NO2. The Labute approximate surface area is 149 Å². The molecule has 0 saturated carbocycles. The van der Waals surface area contributed by atoms with Gasteiger partial charge in [-0.05, 0) is 42.2 Å². The first-order valence-corrected chi connectivity index (χ1v) is 9.15. The first-order chi connectivity index (χ1) is 12.3. The molecule has 0 N–H and O–H groups in total. The van der Waals surface area contributed by atoms with E-state index in [1.54, 1.807) is 0 Å². The summed E-state index contributed by atoms with van der Waals surface area (Å²) in [4.78, 5) is 2.59. The molecule has 1 fully saturated rings. The van der Waals surface area contributed by atoms with Gasteiger partial charge in [-0.3, -0.25) is 4.90 Å². The van der Waals surface area contributed by atoms with Gasteiger partial charge in [-0.15, -0.1) is 0 Å². The zero-order chi connectivity index (χ0) is 17.1. The van der Waals surface area contributed by atoms with Crippen LogP contribution in [0, 0.1) is 0 Å². The Hall–Kier alpha value is -2.10. The van der Waals surface area contributed by atoms with E-state index in [0.717, 1.165) is 31.9 Å². The van der Waals surface area contributed by atoms with Crippen LogP contribution in [0.4, 0.5) is 0 Å². The fourth-order valence-corrected chi connectivity index (χ4v) is 3.85. The molecule has 0 spiro atoms. The lowest BCUT2D eigenvalue weighted by Gasteiger charge is -2.44. The lowest BCUT2D eigenvalue weighted by atomic mass is 9.89. The van der Waals surface area contributed by atoms with Crippen LogP contribution in [0.3, 0.4) is 0 Å². The van der Waals surface area contributed by atoms with E-state index < -0.39 is 0 Å². The molecule has 0 aromatic heterocycles. The van der Waals surface area contributed by atoms with Crippen LogP contribution < -0.4 is 4.74 Å². The Bertz CT molecular complexity index is 723. The average molecular weight is 335 g/mol. The standard InChI is InChI=1S/C22H25NO2/c1-2-25-22-10-8-18(9-11-22)19-12-20-15-24-16-21(13-19)23(20)14-17-6-4-3-5-7-17/h3-12,20-21H,2,13-16H2,1H3. The molecule has 1 saturated heterocycles. The predicted octanol–water partition coefficient (Wildman–Crippen LogP) is 4.14. The molecule has 2 aliphatic rings. The van der Waals surface area contributed by atoms with Crippen LogP contribution in [0.1, 0.15) is 24.5 Å². The van der Waals surface area contributed by atoms with Crippen LogP contribution in [-0.4, -0.2) is 36.8 Å². The minimum atomic E-state index is 0.356. The van der Waals surface area contributed by atoms with Gasteiger partial charge in [0.25, 0.3) is 0 Å². The van der Waals surface area contributed by atoms with Crippen molar-refractivity contribution in [3.8, 4) is 5.75 Å². The highest BCUT2D eigenvalue weighted by atomic mass is 16.5. The van der Waals surface area contributed by atoms with Gasteiger partial charge in [0.1, 0.15) is 5.75 Å². The third kappa shape index (κ3) is 3.63. The van der Waals surface area contributed by atoms with Gasteiger partial charge in [0, 0.05) is 12.6 Å². The number of rotatable bonds is 5. The molecule has 2 atom stereocenters. The Morgan fingerprint density at radius 3 is 2.56 bits per heavy atom. The van der Waals surface area contributed by atoms with Crippen LogP contribution in [0.15, 0.2) is 60.7 Å². The number of fused-ring (bicyclic) bond motifs is 2. The molecule has 0 aliphatic carbocycles. The molecule has 0 amide bonds. The zero-order valence-electron chi connectivity index (χ0n) is 14.7. The van der Waals surface area contributed by atoms with Gasteiger partial charge in [0.05, 0.1) is 25.9 Å². The van der Waals surface area contributed by atoms with Crippen molar-refractivity contribution in [3.05, 3.63) is 71.8 Å². The highest BCUT2D eigenvalue weighted by molar-refractivity contribution is 5.68. The van der Waals surface area contributed by atoms with Gasteiger partial charge in [-0.2, -0.15) is 0 Å². The number of ether oxygens (including phenoxy) is 2. The number of hydrogen-bond acceptors (Lipinski definition) is 3. The van der Waals surface area contributed by atoms with Gasteiger partial charge < -0.3 is 9.47 Å². The van der Waals surface area contributed by atoms with Crippen LogP contribution >= 0.6 is 0 Å². The maximum atomic E-state index is 5.83. The maximum absolute atomic E-state index is 5.83. The third-order valence-corrected chi connectivity index (χ3v) is 5.09. The summed E-state index contributed by atoms with van der Waals surface area (Å²) >= 11 is 0. The molecule has 2 aliphatic heterocycles. The Morgan fingerprint density at radius 2 is 1.84 bits per heavy atom. The van der Waals surface area contributed by atoms with Crippen LogP contribution in [0.2, 0.25) is 0 Å². The van der Waals surface area contributed by atoms with Gasteiger partial charge >= 0.3 is 0 Å². The van der Waals surface area contributed by atoms with Crippen molar-refractivity contribution in [2.75, 3.05) is 19.8 Å². The average Bonchev–Trinajstić information content (AvgIpc) is 2.63. The Morgan fingerprint density at radius 1 is 1.04 bits per heavy atom. The highest BCUT2D eigenvalue weighted by Gasteiger charge is 2.34. The Balaban J connectivity index is 1.54.